The van der Waals surface area contributed by atoms with Crippen molar-refractivity contribution in [3.05, 3.63) is 11.6 Å². The van der Waals surface area contributed by atoms with Gasteiger partial charge in [-0.25, -0.2) is 22.4 Å². The third-order valence-corrected chi connectivity index (χ3v) is 7.35. The van der Waals surface area contributed by atoms with Gasteiger partial charge in [0, 0.05) is 44.7 Å². The fraction of sp³-hybridized carbons (Fsp3) is 0.800. The number of thioether (sulfide) groups is 1. The molecule has 1 atom stereocenters. The van der Waals surface area contributed by atoms with E-state index in [1.165, 1.54) is 0 Å². The molecule has 0 aromatic carbocycles. The van der Waals surface area contributed by atoms with E-state index >= 15 is 0 Å². The Morgan fingerprint density at radius 3 is 2.78 bits per heavy atom. The lowest BCUT2D eigenvalue weighted by Gasteiger charge is -2.26. The number of aliphatic imine (C=N–C) groups is 1. The summed E-state index contributed by atoms with van der Waals surface area (Å²) in [6.45, 7) is 4.31. The summed E-state index contributed by atoms with van der Waals surface area (Å²) in [4.78, 5) is 8.72. The fourth-order valence-electron chi connectivity index (χ4n) is 3.22. The summed E-state index contributed by atoms with van der Waals surface area (Å²) in [7, 11) is -1.53. The molecule has 2 aliphatic heterocycles. The van der Waals surface area contributed by atoms with Gasteiger partial charge in [0.25, 0.3) is 0 Å². The smallest absolute Gasteiger partial charge is 0.215 e. The Hall–Kier alpha value is -0.600. The number of halogens is 1. The first-order chi connectivity index (χ1) is 12.5. The van der Waals surface area contributed by atoms with Crippen LogP contribution in [0.5, 0.6) is 0 Å². The van der Waals surface area contributed by atoms with Gasteiger partial charge in [0.05, 0.1) is 11.8 Å². The molecule has 1 aromatic rings. The highest BCUT2D eigenvalue weighted by atomic mass is 127. The van der Waals surface area contributed by atoms with Crippen molar-refractivity contribution in [1.82, 2.24) is 29.7 Å². The Kier molecular flexibility index (Phi) is 8.62. The Bertz CT molecular complexity index is 747. The van der Waals surface area contributed by atoms with Gasteiger partial charge in [-0.2, -0.15) is 16.9 Å². The maximum atomic E-state index is 12.4. The number of guanidine groups is 1. The zero-order valence-corrected chi connectivity index (χ0v) is 19.7. The molecule has 0 amide bonds. The fourth-order valence-corrected chi connectivity index (χ4v) is 5.71. The van der Waals surface area contributed by atoms with Gasteiger partial charge in [-0.3, -0.25) is 4.99 Å². The number of nitrogens with zero attached hydrogens (tertiary/aromatic N) is 5. The maximum absolute atomic E-state index is 12.4. The van der Waals surface area contributed by atoms with Crippen LogP contribution >= 0.6 is 35.7 Å². The van der Waals surface area contributed by atoms with Gasteiger partial charge >= 0.3 is 0 Å². The van der Waals surface area contributed by atoms with Crippen molar-refractivity contribution >= 4 is 51.7 Å². The number of sulfonamides is 1. The average Bonchev–Trinajstić information content (AvgIpc) is 3.02. The lowest BCUT2D eigenvalue weighted by molar-refractivity contribution is 0.398. The van der Waals surface area contributed by atoms with E-state index in [4.69, 9.17) is 0 Å². The standard InChI is InChI=1S/C15H27N7O2S2.HI/c1-12-18-14-13(4-3-6-22(14)20-12)19-15(16-2)17-5-11-26(23,24)21-7-9-25-10-8-21;/h13H,3-11H2,1-2H3,(H2,16,17,19);1H. The molecule has 1 fully saturated rings. The summed E-state index contributed by atoms with van der Waals surface area (Å²) in [5, 5.41) is 10.9. The van der Waals surface area contributed by atoms with E-state index in [2.05, 4.69) is 25.7 Å². The van der Waals surface area contributed by atoms with Crippen molar-refractivity contribution in [2.75, 3.05) is 43.9 Å². The first-order valence-corrected chi connectivity index (χ1v) is 11.7. The van der Waals surface area contributed by atoms with Crippen molar-refractivity contribution in [2.45, 2.75) is 32.4 Å². The van der Waals surface area contributed by atoms with Crippen LogP contribution < -0.4 is 10.6 Å². The molecule has 0 spiro atoms. The first-order valence-electron chi connectivity index (χ1n) is 8.94. The van der Waals surface area contributed by atoms with Gasteiger partial charge in [0.15, 0.2) is 5.96 Å². The number of aromatic nitrogens is 3. The van der Waals surface area contributed by atoms with Crippen molar-refractivity contribution < 1.29 is 8.42 Å². The second-order valence-electron chi connectivity index (χ2n) is 6.41. The molecular formula is C15H28IN7O2S2. The minimum absolute atomic E-state index is 0. The highest BCUT2D eigenvalue weighted by Crippen LogP contribution is 2.22. The molecule has 27 heavy (non-hydrogen) atoms. The predicted molar refractivity (Wildman–Crippen MR) is 119 cm³/mol. The molecule has 3 heterocycles. The normalized spacial score (nSPS) is 21.3. The Morgan fingerprint density at radius 1 is 1.33 bits per heavy atom. The number of rotatable bonds is 5. The van der Waals surface area contributed by atoms with E-state index in [0.29, 0.717) is 25.6 Å². The van der Waals surface area contributed by atoms with Crippen LogP contribution in [0, 0.1) is 6.92 Å². The summed E-state index contributed by atoms with van der Waals surface area (Å²) in [6.07, 6.45) is 1.97. The van der Waals surface area contributed by atoms with Crippen molar-refractivity contribution in [3.63, 3.8) is 0 Å². The molecule has 0 saturated carbocycles. The SMILES string of the molecule is CN=C(NCCS(=O)(=O)N1CCSCC1)NC1CCCn2nc(C)nc21.I. The van der Waals surface area contributed by atoms with Crippen molar-refractivity contribution in [3.8, 4) is 0 Å². The monoisotopic (exact) mass is 529 g/mol. The highest BCUT2D eigenvalue weighted by molar-refractivity contribution is 14.0. The molecule has 12 heteroatoms. The molecule has 0 aliphatic carbocycles. The predicted octanol–water partition coefficient (Wildman–Crippen LogP) is 0.583. The van der Waals surface area contributed by atoms with Crippen LogP contribution in [-0.4, -0.2) is 77.4 Å². The topological polar surface area (TPSA) is 105 Å². The first kappa shape index (κ1) is 22.7. The lowest BCUT2D eigenvalue weighted by atomic mass is 10.1. The van der Waals surface area contributed by atoms with Crippen LogP contribution in [-0.2, 0) is 16.6 Å². The molecule has 0 bridgehead atoms. The molecule has 0 radical (unpaired) electrons. The summed E-state index contributed by atoms with van der Waals surface area (Å²) in [5.41, 5.74) is 0. The van der Waals surface area contributed by atoms with E-state index in [1.54, 1.807) is 23.1 Å². The lowest BCUT2D eigenvalue weighted by Crippen LogP contribution is -2.45. The molecule has 1 unspecified atom stereocenters. The number of fused-ring (bicyclic) bond motifs is 1. The Balaban J connectivity index is 0.00000261. The highest BCUT2D eigenvalue weighted by Gasteiger charge is 2.26. The van der Waals surface area contributed by atoms with Gasteiger partial charge in [-0.1, -0.05) is 0 Å². The summed E-state index contributed by atoms with van der Waals surface area (Å²) >= 11 is 1.80. The Labute approximate surface area is 182 Å². The van der Waals surface area contributed by atoms with E-state index < -0.39 is 10.0 Å². The van der Waals surface area contributed by atoms with Gasteiger partial charge in [0.1, 0.15) is 11.6 Å². The van der Waals surface area contributed by atoms with Gasteiger partial charge < -0.3 is 10.6 Å². The second kappa shape index (κ2) is 10.3. The third-order valence-electron chi connectivity index (χ3n) is 4.53. The largest absolute Gasteiger partial charge is 0.355 e. The van der Waals surface area contributed by atoms with Crippen LogP contribution in [0.4, 0.5) is 0 Å². The van der Waals surface area contributed by atoms with Crippen LogP contribution in [0.15, 0.2) is 4.99 Å². The number of hydrogen-bond donors (Lipinski definition) is 2. The minimum atomic E-state index is -3.22. The molecule has 3 rings (SSSR count). The van der Waals surface area contributed by atoms with E-state index in [9.17, 15) is 8.42 Å². The molecular weight excluding hydrogens is 501 g/mol. The number of nitrogens with one attached hydrogen (secondary N) is 2. The van der Waals surface area contributed by atoms with E-state index in [0.717, 1.165) is 42.5 Å². The van der Waals surface area contributed by atoms with E-state index in [1.807, 2.05) is 11.6 Å². The van der Waals surface area contributed by atoms with Crippen molar-refractivity contribution in [2.24, 2.45) is 4.99 Å². The minimum Gasteiger partial charge on any atom is -0.355 e. The van der Waals surface area contributed by atoms with Crippen LogP contribution in [0.3, 0.4) is 0 Å². The van der Waals surface area contributed by atoms with Crippen molar-refractivity contribution in [1.29, 1.82) is 0 Å². The average molecular weight is 529 g/mol. The van der Waals surface area contributed by atoms with Crippen LogP contribution in [0.1, 0.15) is 30.5 Å². The van der Waals surface area contributed by atoms with Gasteiger partial charge in [0.2, 0.25) is 10.0 Å². The van der Waals surface area contributed by atoms with Crippen LogP contribution in [0.25, 0.3) is 0 Å². The van der Waals surface area contributed by atoms with Gasteiger partial charge in [-0.15, -0.1) is 24.0 Å². The second-order valence-corrected chi connectivity index (χ2v) is 9.72. The summed E-state index contributed by atoms with van der Waals surface area (Å²) in [5.74, 6) is 4.08. The zero-order chi connectivity index (χ0) is 18.6. The molecule has 2 N–H and O–H groups in total. The Morgan fingerprint density at radius 2 is 2.07 bits per heavy atom. The summed E-state index contributed by atoms with van der Waals surface area (Å²) in [6, 6.07) is 0.0341. The van der Waals surface area contributed by atoms with Gasteiger partial charge in [-0.05, 0) is 19.8 Å². The van der Waals surface area contributed by atoms with E-state index in [-0.39, 0.29) is 35.8 Å². The maximum Gasteiger partial charge on any atom is 0.215 e. The van der Waals surface area contributed by atoms with Crippen LogP contribution in [0.2, 0.25) is 0 Å². The molecule has 1 saturated heterocycles. The third kappa shape index (κ3) is 5.94. The quantitative estimate of drug-likeness (QED) is 0.327. The zero-order valence-electron chi connectivity index (χ0n) is 15.7. The summed E-state index contributed by atoms with van der Waals surface area (Å²) < 4.78 is 28.3. The molecule has 1 aromatic heterocycles. The number of aryl methyl sites for hydroxylation is 2. The molecule has 2 aliphatic rings. The molecule has 9 nitrogen and oxygen atoms in total. The number of hydrogen-bond acceptors (Lipinski definition) is 6. The molecule has 154 valence electrons.